The van der Waals surface area contributed by atoms with Gasteiger partial charge in [-0.3, -0.25) is 0 Å². The summed E-state index contributed by atoms with van der Waals surface area (Å²) in [5.41, 5.74) is -0.392. The highest BCUT2D eigenvalue weighted by molar-refractivity contribution is 9.10. The molecular formula is C11H12BrF2NO2S. The molecule has 1 saturated heterocycles. The van der Waals surface area contributed by atoms with E-state index in [2.05, 4.69) is 21.2 Å². The fourth-order valence-electron chi connectivity index (χ4n) is 1.81. The van der Waals surface area contributed by atoms with Crippen molar-refractivity contribution in [3.8, 4) is 0 Å². The Morgan fingerprint density at radius 3 is 2.56 bits per heavy atom. The van der Waals surface area contributed by atoms with Crippen LogP contribution in [0.4, 0.5) is 8.78 Å². The second-order valence-electron chi connectivity index (χ2n) is 4.40. The number of hydrogen-bond acceptors (Lipinski definition) is 3. The largest absolute Gasteiger partial charge is 0.316 e. The summed E-state index contributed by atoms with van der Waals surface area (Å²) in [6, 6.07) is 2.28. The Kier molecular flexibility index (Phi) is 4.03. The fourth-order valence-corrected chi connectivity index (χ4v) is 3.95. The van der Waals surface area contributed by atoms with Crippen LogP contribution in [-0.4, -0.2) is 27.3 Å². The molecule has 1 aliphatic heterocycles. The van der Waals surface area contributed by atoms with Gasteiger partial charge in [-0.25, -0.2) is 17.2 Å². The van der Waals surface area contributed by atoms with Gasteiger partial charge in [0.25, 0.3) is 0 Å². The Hall–Kier alpha value is -0.530. The van der Waals surface area contributed by atoms with Crippen LogP contribution < -0.4 is 5.32 Å². The molecule has 1 aromatic carbocycles. The van der Waals surface area contributed by atoms with Gasteiger partial charge in [0.1, 0.15) is 11.6 Å². The standard InChI is InChI=1S/C11H12BrF2NO2S/c12-9-1-2-10(13)8(11(9)14)6-18(16,17)5-7-3-15-4-7/h1-2,7,15H,3-6H2. The number of benzene rings is 1. The van der Waals surface area contributed by atoms with Crippen LogP contribution in [0.25, 0.3) is 0 Å². The van der Waals surface area contributed by atoms with E-state index in [1.807, 2.05) is 0 Å². The fraction of sp³-hybridized carbons (Fsp3) is 0.455. The van der Waals surface area contributed by atoms with Gasteiger partial charge in [-0.05, 0) is 34.0 Å². The monoisotopic (exact) mass is 339 g/mol. The summed E-state index contributed by atoms with van der Waals surface area (Å²) in [5.74, 6) is -2.25. The Labute approximate surface area is 113 Å². The lowest BCUT2D eigenvalue weighted by Crippen LogP contribution is -2.45. The lowest BCUT2D eigenvalue weighted by atomic mass is 10.1. The first-order valence-electron chi connectivity index (χ1n) is 5.42. The molecule has 0 amide bonds. The van der Waals surface area contributed by atoms with Crippen molar-refractivity contribution in [1.29, 1.82) is 0 Å². The number of sulfone groups is 1. The Balaban J connectivity index is 2.20. The summed E-state index contributed by atoms with van der Waals surface area (Å²) < 4.78 is 50.9. The molecule has 1 aliphatic rings. The van der Waals surface area contributed by atoms with Gasteiger partial charge in [0.05, 0.1) is 16.0 Å². The quantitative estimate of drug-likeness (QED) is 0.851. The molecule has 2 rings (SSSR count). The lowest BCUT2D eigenvalue weighted by Gasteiger charge is -2.26. The molecule has 100 valence electrons. The van der Waals surface area contributed by atoms with Gasteiger partial charge in [0, 0.05) is 18.7 Å². The maximum absolute atomic E-state index is 13.7. The summed E-state index contributed by atoms with van der Waals surface area (Å²) >= 11 is 2.92. The third kappa shape index (κ3) is 3.07. The van der Waals surface area contributed by atoms with Crippen molar-refractivity contribution in [3.63, 3.8) is 0 Å². The van der Waals surface area contributed by atoms with Gasteiger partial charge < -0.3 is 5.32 Å². The van der Waals surface area contributed by atoms with Crippen LogP contribution in [0.15, 0.2) is 16.6 Å². The van der Waals surface area contributed by atoms with Crippen molar-refractivity contribution in [2.75, 3.05) is 18.8 Å². The van der Waals surface area contributed by atoms with Crippen molar-refractivity contribution in [1.82, 2.24) is 5.32 Å². The molecule has 7 heteroatoms. The second kappa shape index (κ2) is 5.22. The van der Waals surface area contributed by atoms with Crippen molar-refractivity contribution >= 4 is 25.8 Å². The maximum Gasteiger partial charge on any atom is 0.155 e. The molecule has 1 fully saturated rings. The predicted molar refractivity (Wildman–Crippen MR) is 67.9 cm³/mol. The van der Waals surface area contributed by atoms with E-state index in [0.717, 1.165) is 6.07 Å². The van der Waals surface area contributed by atoms with E-state index in [1.54, 1.807) is 0 Å². The van der Waals surface area contributed by atoms with Crippen LogP contribution in [-0.2, 0) is 15.6 Å². The molecule has 0 aromatic heterocycles. The summed E-state index contributed by atoms with van der Waals surface area (Å²) in [7, 11) is -3.50. The molecule has 0 atom stereocenters. The van der Waals surface area contributed by atoms with Crippen LogP contribution in [0.5, 0.6) is 0 Å². The van der Waals surface area contributed by atoms with Crippen LogP contribution in [0.1, 0.15) is 5.56 Å². The molecule has 3 nitrogen and oxygen atoms in total. The number of hydrogen-bond donors (Lipinski definition) is 1. The highest BCUT2D eigenvalue weighted by Gasteiger charge is 2.26. The van der Waals surface area contributed by atoms with E-state index < -0.39 is 32.8 Å². The topological polar surface area (TPSA) is 46.2 Å². The van der Waals surface area contributed by atoms with E-state index >= 15 is 0 Å². The van der Waals surface area contributed by atoms with E-state index in [9.17, 15) is 17.2 Å². The first kappa shape index (κ1) is 13.9. The third-order valence-electron chi connectivity index (χ3n) is 2.86. The van der Waals surface area contributed by atoms with Gasteiger partial charge in [-0.1, -0.05) is 0 Å². The average molecular weight is 340 g/mol. The summed E-state index contributed by atoms with van der Waals surface area (Å²) in [6.07, 6.45) is 0. The van der Waals surface area contributed by atoms with Crippen LogP contribution in [0.2, 0.25) is 0 Å². The number of nitrogens with one attached hydrogen (secondary N) is 1. The summed E-state index contributed by atoms with van der Waals surface area (Å²) in [6.45, 7) is 1.28. The minimum Gasteiger partial charge on any atom is -0.316 e. The molecule has 0 bridgehead atoms. The molecule has 0 unspecified atom stereocenters. The summed E-state index contributed by atoms with van der Waals surface area (Å²) in [4.78, 5) is 0. The van der Waals surface area contributed by atoms with Gasteiger partial charge in [0.2, 0.25) is 0 Å². The minimum absolute atomic E-state index is 0.0363. The zero-order valence-electron chi connectivity index (χ0n) is 9.42. The van der Waals surface area contributed by atoms with Crippen molar-refractivity contribution in [3.05, 3.63) is 33.8 Å². The second-order valence-corrected chi connectivity index (χ2v) is 7.36. The molecule has 0 radical (unpaired) electrons. The lowest BCUT2D eigenvalue weighted by molar-refractivity contribution is 0.378. The Morgan fingerprint density at radius 1 is 1.33 bits per heavy atom. The van der Waals surface area contributed by atoms with Gasteiger partial charge in [-0.2, -0.15) is 0 Å². The molecule has 0 spiro atoms. The minimum atomic E-state index is -3.50. The number of halogens is 3. The molecule has 1 aromatic rings. The average Bonchev–Trinajstić information content (AvgIpc) is 2.25. The zero-order chi connectivity index (χ0) is 13.3. The Morgan fingerprint density at radius 2 is 2.00 bits per heavy atom. The van der Waals surface area contributed by atoms with Crippen molar-refractivity contribution < 1.29 is 17.2 Å². The first-order valence-corrected chi connectivity index (χ1v) is 8.04. The van der Waals surface area contributed by atoms with E-state index in [4.69, 9.17) is 0 Å². The highest BCUT2D eigenvalue weighted by Crippen LogP contribution is 2.24. The summed E-state index contributed by atoms with van der Waals surface area (Å²) in [5, 5.41) is 2.96. The molecule has 1 heterocycles. The smallest absolute Gasteiger partial charge is 0.155 e. The van der Waals surface area contributed by atoms with E-state index in [1.165, 1.54) is 6.07 Å². The molecular weight excluding hydrogens is 328 g/mol. The van der Waals surface area contributed by atoms with E-state index in [0.29, 0.717) is 13.1 Å². The Bertz CT molecular complexity index is 558. The van der Waals surface area contributed by atoms with Crippen LogP contribution in [0, 0.1) is 17.6 Å². The maximum atomic E-state index is 13.7. The van der Waals surface area contributed by atoms with Gasteiger partial charge >= 0.3 is 0 Å². The molecule has 0 saturated carbocycles. The van der Waals surface area contributed by atoms with Crippen molar-refractivity contribution in [2.24, 2.45) is 5.92 Å². The van der Waals surface area contributed by atoms with E-state index in [-0.39, 0.29) is 16.1 Å². The van der Waals surface area contributed by atoms with Gasteiger partial charge in [0.15, 0.2) is 9.84 Å². The predicted octanol–water partition coefficient (Wildman–Crippen LogP) is 1.86. The normalized spacial score (nSPS) is 16.6. The van der Waals surface area contributed by atoms with Crippen LogP contribution in [0.3, 0.4) is 0 Å². The first-order chi connectivity index (χ1) is 8.39. The molecule has 1 N–H and O–H groups in total. The molecule has 18 heavy (non-hydrogen) atoms. The van der Waals surface area contributed by atoms with Gasteiger partial charge in [-0.15, -0.1) is 0 Å². The third-order valence-corrected chi connectivity index (χ3v) is 5.18. The number of rotatable bonds is 4. The SMILES string of the molecule is O=S(=O)(Cc1c(F)ccc(Br)c1F)CC1CNC1. The molecule has 0 aliphatic carbocycles. The van der Waals surface area contributed by atoms with Crippen LogP contribution >= 0.6 is 15.9 Å². The zero-order valence-corrected chi connectivity index (χ0v) is 11.8. The van der Waals surface area contributed by atoms with Crippen molar-refractivity contribution in [2.45, 2.75) is 5.75 Å². The highest BCUT2D eigenvalue weighted by atomic mass is 79.9.